The van der Waals surface area contributed by atoms with Gasteiger partial charge in [-0.3, -0.25) is 14.6 Å². The molecule has 3 heterocycles. The number of aromatic nitrogens is 2. The summed E-state index contributed by atoms with van der Waals surface area (Å²) in [6.07, 6.45) is 3.98. The smallest absolute Gasteiger partial charge is 0.231 e. The van der Waals surface area contributed by atoms with Crippen molar-refractivity contribution in [2.24, 2.45) is 5.73 Å². The first-order chi connectivity index (χ1) is 11.1. The molecule has 1 amide bonds. The fourth-order valence-corrected chi connectivity index (χ4v) is 3.06. The van der Waals surface area contributed by atoms with E-state index in [2.05, 4.69) is 16.1 Å². The van der Waals surface area contributed by atoms with Gasteiger partial charge in [-0.1, -0.05) is 6.07 Å². The van der Waals surface area contributed by atoms with Crippen molar-refractivity contribution in [3.05, 3.63) is 36.2 Å². The first kappa shape index (κ1) is 15.9. The van der Waals surface area contributed by atoms with Gasteiger partial charge in [-0.15, -0.1) is 0 Å². The van der Waals surface area contributed by atoms with Crippen LogP contribution in [0.25, 0.3) is 5.52 Å². The Hall–Kier alpha value is -1.96. The van der Waals surface area contributed by atoms with Crippen molar-refractivity contribution in [2.45, 2.75) is 12.6 Å². The van der Waals surface area contributed by atoms with Crippen LogP contribution in [0.3, 0.4) is 0 Å². The lowest BCUT2D eigenvalue weighted by Crippen LogP contribution is -2.47. The maximum absolute atomic E-state index is 11.0. The van der Waals surface area contributed by atoms with E-state index in [1.165, 1.54) is 5.56 Å². The summed E-state index contributed by atoms with van der Waals surface area (Å²) >= 11 is 0. The number of nitrogens with zero attached hydrogens (tertiary/aromatic N) is 4. The Morgan fingerprint density at radius 1 is 1.52 bits per heavy atom. The van der Waals surface area contributed by atoms with Gasteiger partial charge in [0.1, 0.15) is 0 Å². The number of carbonyl (C=O) groups is 1. The molecule has 0 aromatic carbocycles. The molecule has 1 unspecified atom stereocenters. The maximum atomic E-state index is 11.0. The van der Waals surface area contributed by atoms with Crippen molar-refractivity contribution >= 4 is 11.4 Å². The van der Waals surface area contributed by atoms with Crippen molar-refractivity contribution in [1.29, 1.82) is 0 Å². The van der Waals surface area contributed by atoms with E-state index in [0.717, 1.165) is 25.2 Å². The number of hydrogen-bond acceptors (Lipinski definition) is 5. The van der Waals surface area contributed by atoms with E-state index in [1.807, 2.05) is 41.0 Å². The minimum atomic E-state index is -0.313. The molecule has 0 spiro atoms. The molecule has 1 aliphatic heterocycles. The highest BCUT2D eigenvalue weighted by Crippen LogP contribution is 2.15. The van der Waals surface area contributed by atoms with Gasteiger partial charge >= 0.3 is 0 Å². The SMILES string of the molecule is CN(CC(N)=O)CC1CN(Cc2cnn3ccccc23)CCO1. The predicted octanol–water partition coefficient (Wildman–Crippen LogP) is -0.0478. The van der Waals surface area contributed by atoms with Crippen LogP contribution in [0, 0.1) is 0 Å². The monoisotopic (exact) mass is 317 g/mol. The number of primary amides is 1. The number of pyridine rings is 1. The van der Waals surface area contributed by atoms with Crippen LogP contribution < -0.4 is 5.73 Å². The summed E-state index contributed by atoms with van der Waals surface area (Å²) in [5, 5.41) is 4.38. The van der Waals surface area contributed by atoms with E-state index in [9.17, 15) is 4.79 Å². The van der Waals surface area contributed by atoms with Gasteiger partial charge in [0.05, 0.1) is 31.0 Å². The molecule has 1 aliphatic rings. The minimum Gasteiger partial charge on any atom is -0.374 e. The molecule has 0 saturated carbocycles. The molecule has 1 saturated heterocycles. The zero-order valence-electron chi connectivity index (χ0n) is 13.4. The summed E-state index contributed by atoms with van der Waals surface area (Å²) in [5.41, 5.74) is 7.59. The standard InChI is InChI=1S/C16H23N5O2/c1-19(12-16(17)22)10-14-11-20(6-7-23-14)9-13-8-18-21-5-3-2-4-15(13)21/h2-5,8,14H,6-7,9-12H2,1H3,(H2,17,22). The lowest BCUT2D eigenvalue weighted by molar-refractivity contribution is -0.119. The van der Waals surface area contributed by atoms with Crippen LogP contribution in [0.5, 0.6) is 0 Å². The van der Waals surface area contributed by atoms with Crippen molar-refractivity contribution in [3.63, 3.8) is 0 Å². The van der Waals surface area contributed by atoms with Crippen LogP contribution in [0.2, 0.25) is 0 Å². The first-order valence-electron chi connectivity index (χ1n) is 7.84. The van der Waals surface area contributed by atoms with Gasteiger partial charge in [-0.2, -0.15) is 5.10 Å². The Kier molecular flexibility index (Phi) is 4.90. The Balaban J connectivity index is 1.59. The zero-order chi connectivity index (χ0) is 16.2. The van der Waals surface area contributed by atoms with Crippen LogP contribution in [0.15, 0.2) is 30.6 Å². The highest BCUT2D eigenvalue weighted by molar-refractivity contribution is 5.75. The van der Waals surface area contributed by atoms with Gasteiger partial charge in [0.25, 0.3) is 0 Å². The average molecular weight is 317 g/mol. The van der Waals surface area contributed by atoms with Crippen LogP contribution in [0.1, 0.15) is 5.56 Å². The molecule has 2 N–H and O–H groups in total. The third-order valence-corrected chi connectivity index (χ3v) is 4.06. The van der Waals surface area contributed by atoms with E-state index >= 15 is 0 Å². The number of likely N-dealkylation sites (N-methyl/N-ethyl adjacent to an activating group) is 1. The van der Waals surface area contributed by atoms with Crippen LogP contribution in [0.4, 0.5) is 0 Å². The fourth-order valence-electron chi connectivity index (χ4n) is 3.06. The Bertz CT molecular complexity index is 671. The topological polar surface area (TPSA) is 76.1 Å². The highest BCUT2D eigenvalue weighted by atomic mass is 16.5. The second-order valence-corrected chi connectivity index (χ2v) is 6.09. The van der Waals surface area contributed by atoms with Crippen molar-refractivity contribution in [2.75, 3.05) is 39.8 Å². The number of morpholine rings is 1. The third-order valence-electron chi connectivity index (χ3n) is 4.06. The number of carbonyl (C=O) groups excluding carboxylic acids is 1. The van der Waals surface area contributed by atoms with Crippen molar-refractivity contribution in [3.8, 4) is 0 Å². The minimum absolute atomic E-state index is 0.0925. The van der Waals surface area contributed by atoms with E-state index in [-0.39, 0.29) is 18.6 Å². The second kappa shape index (κ2) is 7.08. The lowest BCUT2D eigenvalue weighted by atomic mass is 10.2. The van der Waals surface area contributed by atoms with Gasteiger partial charge in [-0.05, 0) is 19.2 Å². The molecule has 23 heavy (non-hydrogen) atoms. The molecule has 2 aromatic heterocycles. The van der Waals surface area contributed by atoms with E-state index < -0.39 is 0 Å². The highest BCUT2D eigenvalue weighted by Gasteiger charge is 2.23. The molecular formula is C16H23N5O2. The van der Waals surface area contributed by atoms with Crippen LogP contribution in [-0.4, -0.2) is 71.3 Å². The molecule has 1 atom stereocenters. The second-order valence-electron chi connectivity index (χ2n) is 6.09. The summed E-state index contributed by atoms with van der Waals surface area (Å²) in [5.74, 6) is -0.313. The summed E-state index contributed by atoms with van der Waals surface area (Å²) in [7, 11) is 1.89. The summed E-state index contributed by atoms with van der Waals surface area (Å²) < 4.78 is 7.71. The van der Waals surface area contributed by atoms with Gasteiger partial charge in [0.15, 0.2) is 0 Å². The quantitative estimate of drug-likeness (QED) is 0.808. The van der Waals surface area contributed by atoms with Gasteiger partial charge in [-0.25, -0.2) is 4.52 Å². The van der Waals surface area contributed by atoms with Crippen LogP contribution >= 0.6 is 0 Å². The van der Waals surface area contributed by atoms with Gasteiger partial charge in [0.2, 0.25) is 5.91 Å². The van der Waals surface area contributed by atoms with E-state index in [0.29, 0.717) is 13.2 Å². The average Bonchev–Trinajstić information content (AvgIpc) is 2.90. The molecule has 1 fully saturated rings. The normalized spacial score (nSPS) is 19.5. The number of fused-ring (bicyclic) bond motifs is 1. The molecule has 124 valence electrons. The number of hydrogen-bond donors (Lipinski definition) is 1. The number of nitrogens with two attached hydrogens (primary N) is 1. The maximum Gasteiger partial charge on any atom is 0.231 e. The zero-order valence-corrected chi connectivity index (χ0v) is 13.4. The van der Waals surface area contributed by atoms with Gasteiger partial charge in [0, 0.05) is 37.9 Å². The molecule has 0 radical (unpaired) electrons. The van der Waals surface area contributed by atoms with Crippen LogP contribution in [-0.2, 0) is 16.1 Å². The summed E-state index contributed by atoms with van der Waals surface area (Å²) in [6, 6.07) is 6.09. The Labute approximate surface area is 135 Å². The molecule has 0 aliphatic carbocycles. The Morgan fingerprint density at radius 2 is 2.39 bits per heavy atom. The summed E-state index contributed by atoms with van der Waals surface area (Å²) in [4.78, 5) is 15.3. The van der Waals surface area contributed by atoms with E-state index in [4.69, 9.17) is 10.5 Å². The lowest BCUT2D eigenvalue weighted by Gasteiger charge is -2.34. The molecule has 7 heteroatoms. The third kappa shape index (κ3) is 4.07. The van der Waals surface area contributed by atoms with E-state index in [1.54, 1.807) is 0 Å². The number of amides is 1. The largest absolute Gasteiger partial charge is 0.374 e. The fraction of sp³-hybridized carbons (Fsp3) is 0.500. The summed E-state index contributed by atoms with van der Waals surface area (Å²) in [6.45, 7) is 4.26. The van der Waals surface area contributed by atoms with Crippen molar-refractivity contribution in [1.82, 2.24) is 19.4 Å². The molecule has 7 nitrogen and oxygen atoms in total. The molecule has 2 aromatic rings. The first-order valence-corrected chi connectivity index (χ1v) is 7.84. The van der Waals surface area contributed by atoms with Crippen molar-refractivity contribution < 1.29 is 9.53 Å². The molecular weight excluding hydrogens is 294 g/mol. The molecule has 3 rings (SSSR count). The Morgan fingerprint density at radius 3 is 3.22 bits per heavy atom. The number of rotatable bonds is 6. The predicted molar refractivity (Wildman–Crippen MR) is 86.9 cm³/mol. The number of ether oxygens (including phenoxy) is 1. The van der Waals surface area contributed by atoms with Gasteiger partial charge < -0.3 is 10.5 Å². The molecule has 0 bridgehead atoms.